The number of nitrogens with one attached hydrogen (secondary N) is 1. The number of piperidine rings is 1. The van der Waals surface area contributed by atoms with Gasteiger partial charge in [-0.15, -0.1) is 11.3 Å². The van der Waals surface area contributed by atoms with Gasteiger partial charge in [0, 0.05) is 42.9 Å². The van der Waals surface area contributed by atoms with Crippen LogP contribution in [0.15, 0.2) is 29.6 Å². The second-order valence-electron chi connectivity index (χ2n) is 8.26. The molecule has 0 saturated carbocycles. The van der Waals surface area contributed by atoms with Gasteiger partial charge >= 0.3 is 5.97 Å². The first-order chi connectivity index (χ1) is 15.9. The molecule has 1 N–H and O–H groups in total. The molecule has 1 aliphatic heterocycles. The summed E-state index contributed by atoms with van der Waals surface area (Å²) in [5.74, 6) is 0.492. The summed E-state index contributed by atoms with van der Waals surface area (Å²) in [7, 11) is 1.35. The zero-order chi connectivity index (χ0) is 23.8. The molecule has 2 amide bonds. The molecule has 0 atom stereocenters. The second-order valence-corrected chi connectivity index (χ2v) is 9.15. The molecular formula is C24H31N3O5S. The molecule has 1 aliphatic rings. The van der Waals surface area contributed by atoms with Crippen molar-refractivity contribution in [3.8, 4) is 5.75 Å². The highest BCUT2D eigenvalue weighted by Crippen LogP contribution is 2.31. The smallest absolute Gasteiger partial charge is 0.305 e. The maximum Gasteiger partial charge on any atom is 0.305 e. The minimum atomic E-state index is -0.290. The number of amides is 2. The minimum absolute atomic E-state index is 0.0238. The zero-order valence-electron chi connectivity index (χ0n) is 19.3. The second kappa shape index (κ2) is 11.8. The molecule has 0 radical (unpaired) electrons. The van der Waals surface area contributed by atoms with Gasteiger partial charge in [0.25, 0.3) is 11.8 Å². The van der Waals surface area contributed by atoms with E-state index in [4.69, 9.17) is 4.74 Å². The molecule has 0 unspecified atom stereocenters. The van der Waals surface area contributed by atoms with E-state index in [0.29, 0.717) is 37.3 Å². The lowest BCUT2D eigenvalue weighted by molar-refractivity contribution is -0.140. The number of likely N-dealkylation sites (tertiary alicyclic amines) is 1. The summed E-state index contributed by atoms with van der Waals surface area (Å²) in [6, 6.07) is 7.28. The number of rotatable bonds is 9. The van der Waals surface area contributed by atoms with Crippen LogP contribution in [-0.2, 0) is 9.53 Å². The summed E-state index contributed by atoms with van der Waals surface area (Å²) in [5, 5.41) is 5.48. The first-order valence-corrected chi connectivity index (χ1v) is 12.1. The van der Waals surface area contributed by atoms with E-state index in [1.807, 2.05) is 43.0 Å². The van der Waals surface area contributed by atoms with Crippen molar-refractivity contribution >= 4 is 29.1 Å². The largest absolute Gasteiger partial charge is 0.491 e. The Balaban J connectivity index is 1.47. The third-order valence-electron chi connectivity index (χ3n) is 5.43. The lowest BCUT2D eigenvalue weighted by atomic mass is 9.97. The predicted molar refractivity (Wildman–Crippen MR) is 126 cm³/mol. The van der Waals surface area contributed by atoms with E-state index in [-0.39, 0.29) is 36.2 Å². The molecule has 2 heterocycles. The monoisotopic (exact) mass is 473 g/mol. The van der Waals surface area contributed by atoms with Gasteiger partial charge in [0.05, 0.1) is 18.2 Å². The summed E-state index contributed by atoms with van der Waals surface area (Å²) in [4.78, 5) is 42.7. The Morgan fingerprint density at radius 1 is 1.18 bits per heavy atom. The Bertz CT molecular complexity index is 949. The quantitative estimate of drug-likeness (QED) is 0.441. The standard InChI is InChI=1S/C24H31N3O5S/c1-16(2)32-19-8-6-18(7-9-19)24(30)27-13-10-17(11-14-27)23-26-20(15-33-23)22(29)25-12-4-5-21(28)31-3/h6-9,15-17H,4-5,10-14H2,1-3H3,(H,25,29). The van der Waals surface area contributed by atoms with E-state index >= 15 is 0 Å². The number of methoxy groups -OCH3 is 1. The van der Waals surface area contributed by atoms with E-state index in [1.54, 1.807) is 5.38 Å². The van der Waals surface area contributed by atoms with Gasteiger partial charge in [-0.05, 0) is 57.4 Å². The van der Waals surface area contributed by atoms with E-state index in [9.17, 15) is 14.4 Å². The van der Waals surface area contributed by atoms with Crippen LogP contribution in [0.2, 0.25) is 0 Å². The van der Waals surface area contributed by atoms with Gasteiger partial charge in [0.1, 0.15) is 11.4 Å². The molecule has 178 valence electrons. The van der Waals surface area contributed by atoms with Crippen LogP contribution in [0.25, 0.3) is 0 Å². The molecule has 9 heteroatoms. The maximum atomic E-state index is 12.8. The number of hydrogen-bond acceptors (Lipinski definition) is 7. The molecular weight excluding hydrogens is 442 g/mol. The molecule has 0 aliphatic carbocycles. The lowest BCUT2D eigenvalue weighted by Gasteiger charge is -2.31. The summed E-state index contributed by atoms with van der Waals surface area (Å²) in [6.45, 7) is 5.64. The molecule has 0 bridgehead atoms. The third-order valence-corrected chi connectivity index (χ3v) is 6.44. The number of carbonyl (C=O) groups excluding carboxylic acids is 3. The summed E-state index contributed by atoms with van der Waals surface area (Å²) >= 11 is 1.48. The molecule has 33 heavy (non-hydrogen) atoms. The van der Waals surface area contributed by atoms with Gasteiger partial charge < -0.3 is 19.7 Å². The van der Waals surface area contributed by atoms with Crippen molar-refractivity contribution in [2.75, 3.05) is 26.7 Å². The van der Waals surface area contributed by atoms with Gasteiger partial charge in [0.15, 0.2) is 0 Å². The maximum absolute atomic E-state index is 12.8. The van der Waals surface area contributed by atoms with Crippen LogP contribution in [-0.4, -0.2) is 60.5 Å². The molecule has 0 spiro atoms. The first kappa shape index (κ1) is 24.7. The van der Waals surface area contributed by atoms with E-state index in [2.05, 4.69) is 15.0 Å². The predicted octanol–water partition coefficient (Wildman–Crippen LogP) is 3.63. The van der Waals surface area contributed by atoms with Crippen LogP contribution in [0.3, 0.4) is 0 Å². The van der Waals surface area contributed by atoms with Crippen molar-refractivity contribution in [2.24, 2.45) is 0 Å². The SMILES string of the molecule is COC(=O)CCCNC(=O)c1csc(C2CCN(C(=O)c3ccc(OC(C)C)cc3)CC2)n1. The molecule has 8 nitrogen and oxygen atoms in total. The Hall–Kier alpha value is -2.94. The number of thiazole rings is 1. The zero-order valence-corrected chi connectivity index (χ0v) is 20.2. The fourth-order valence-electron chi connectivity index (χ4n) is 3.67. The Labute approximate surface area is 198 Å². The minimum Gasteiger partial charge on any atom is -0.491 e. The summed E-state index contributed by atoms with van der Waals surface area (Å²) in [6.07, 6.45) is 2.51. The normalized spacial score (nSPS) is 14.2. The fraction of sp³-hybridized carbons (Fsp3) is 0.500. The van der Waals surface area contributed by atoms with Crippen molar-refractivity contribution in [2.45, 2.75) is 51.6 Å². The number of hydrogen-bond donors (Lipinski definition) is 1. The fourth-order valence-corrected chi connectivity index (χ4v) is 4.64. The van der Waals surface area contributed by atoms with Gasteiger partial charge in [-0.2, -0.15) is 0 Å². The van der Waals surface area contributed by atoms with Crippen LogP contribution in [0.4, 0.5) is 0 Å². The van der Waals surface area contributed by atoms with Crippen molar-refractivity contribution in [3.05, 3.63) is 45.9 Å². The Morgan fingerprint density at radius 2 is 1.88 bits per heavy atom. The molecule has 1 aromatic carbocycles. The summed E-state index contributed by atoms with van der Waals surface area (Å²) in [5.41, 5.74) is 1.06. The average Bonchev–Trinajstić information content (AvgIpc) is 3.32. The van der Waals surface area contributed by atoms with Crippen molar-refractivity contribution < 1.29 is 23.9 Å². The number of aromatic nitrogens is 1. The van der Waals surface area contributed by atoms with E-state index in [1.165, 1.54) is 18.4 Å². The van der Waals surface area contributed by atoms with Gasteiger partial charge in [-0.1, -0.05) is 0 Å². The summed E-state index contributed by atoms with van der Waals surface area (Å²) < 4.78 is 10.2. The third kappa shape index (κ3) is 7.02. The Morgan fingerprint density at radius 3 is 2.52 bits per heavy atom. The van der Waals surface area contributed by atoms with Gasteiger partial charge in [0.2, 0.25) is 0 Å². The lowest BCUT2D eigenvalue weighted by Crippen LogP contribution is -2.37. The highest BCUT2D eigenvalue weighted by Gasteiger charge is 2.27. The van der Waals surface area contributed by atoms with Crippen LogP contribution in [0.5, 0.6) is 5.75 Å². The topological polar surface area (TPSA) is 97.8 Å². The van der Waals surface area contributed by atoms with E-state index < -0.39 is 0 Å². The van der Waals surface area contributed by atoms with E-state index in [0.717, 1.165) is 23.6 Å². The van der Waals surface area contributed by atoms with Gasteiger partial charge in [-0.3, -0.25) is 14.4 Å². The molecule has 1 saturated heterocycles. The molecule has 1 aromatic heterocycles. The van der Waals surface area contributed by atoms with Crippen molar-refractivity contribution in [1.29, 1.82) is 0 Å². The number of nitrogens with zero attached hydrogens (tertiary/aromatic N) is 2. The Kier molecular flexibility index (Phi) is 8.82. The number of esters is 1. The van der Waals surface area contributed by atoms with Gasteiger partial charge in [-0.25, -0.2) is 4.98 Å². The highest BCUT2D eigenvalue weighted by atomic mass is 32.1. The first-order valence-electron chi connectivity index (χ1n) is 11.2. The molecule has 3 rings (SSSR count). The molecule has 2 aromatic rings. The number of carbonyl (C=O) groups is 3. The van der Waals surface area contributed by atoms with Crippen LogP contribution >= 0.6 is 11.3 Å². The van der Waals surface area contributed by atoms with Crippen LogP contribution < -0.4 is 10.1 Å². The van der Waals surface area contributed by atoms with Crippen molar-refractivity contribution in [1.82, 2.24) is 15.2 Å². The van der Waals surface area contributed by atoms with Crippen LogP contribution in [0.1, 0.15) is 71.3 Å². The average molecular weight is 474 g/mol. The highest BCUT2D eigenvalue weighted by molar-refractivity contribution is 7.09. The molecule has 1 fully saturated rings. The van der Waals surface area contributed by atoms with Crippen molar-refractivity contribution in [3.63, 3.8) is 0 Å². The number of ether oxygens (including phenoxy) is 2. The number of benzene rings is 1. The van der Waals surface area contributed by atoms with Crippen LogP contribution in [0, 0.1) is 0 Å².